The molecule has 0 radical (unpaired) electrons. The van der Waals surface area contributed by atoms with Crippen molar-refractivity contribution in [2.45, 2.75) is 84.0 Å². The number of allylic oxidation sites excluding steroid dienone is 4. The van der Waals surface area contributed by atoms with Crippen molar-refractivity contribution in [3.8, 4) is 5.75 Å². The van der Waals surface area contributed by atoms with E-state index in [-0.39, 0.29) is 11.3 Å². The molecule has 1 aromatic rings. The second-order valence-corrected chi connectivity index (χ2v) is 7.13. The molecular weight excluding hydrogens is 336 g/mol. The fourth-order valence-electron chi connectivity index (χ4n) is 3.19. The summed E-state index contributed by atoms with van der Waals surface area (Å²) in [6, 6.07) is 4.94. The number of rotatable bonds is 15. The molecule has 0 aliphatic carbocycles. The van der Waals surface area contributed by atoms with E-state index in [1.165, 1.54) is 57.4 Å². The number of carboxylic acids is 1. The lowest BCUT2D eigenvalue weighted by molar-refractivity contribution is 0.0692. The standard InChI is InChI=1S/C24H36O3/c1-2-3-4-5-6-7-8-9-10-11-12-13-14-15-16-18-21-19-17-20-22(25)23(21)24(26)27/h7-10,17,19-20,25H,2-6,11-16,18H2,1H3,(H,26,27)/b8-7+,10-9+. The summed E-state index contributed by atoms with van der Waals surface area (Å²) in [7, 11) is 0. The third kappa shape index (κ3) is 10.6. The van der Waals surface area contributed by atoms with Crippen LogP contribution in [0.15, 0.2) is 42.5 Å². The van der Waals surface area contributed by atoms with Gasteiger partial charge in [0.2, 0.25) is 0 Å². The maximum absolute atomic E-state index is 11.2. The number of benzene rings is 1. The molecular formula is C24H36O3. The molecule has 0 aromatic heterocycles. The largest absolute Gasteiger partial charge is 0.507 e. The Balaban J connectivity index is 2.05. The number of aryl methyl sites for hydroxylation is 1. The van der Waals surface area contributed by atoms with Crippen LogP contribution in [-0.2, 0) is 6.42 Å². The van der Waals surface area contributed by atoms with Crippen molar-refractivity contribution >= 4 is 5.97 Å². The number of carboxylic acid groups (broad SMARTS) is 1. The van der Waals surface area contributed by atoms with Crippen molar-refractivity contribution in [3.63, 3.8) is 0 Å². The molecule has 27 heavy (non-hydrogen) atoms. The van der Waals surface area contributed by atoms with Crippen molar-refractivity contribution in [1.29, 1.82) is 0 Å². The predicted octanol–water partition coefficient (Wildman–Crippen LogP) is 7.06. The van der Waals surface area contributed by atoms with E-state index < -0.39 is 5.97 Å². The third-order valence-corrected chi connectivity index (χ3v) is 4.77. The van der Waals surface area contributed by atoms with E-state index in [1.54, 1.807) is 12.1 Å². The highest BCUT2D eigenvalue weighted by molar-refractivity contribution is 5.92. The topological polar surface area (TPSA) is 57.5 Å². The molecule has 2 N–H and O–H groups in total. The van der Waals surface area contributed by atoms with Gasteiger partial charge >= 0.3 is 5.97 Å². The maximum Gasteiger partial charge on any atom is 0.339 e. The second kappa shape index (κ2) is 15.1. The Kier molecular flexibility index (Phi) is 12.8. The minimum absolute atomic E-state index is 0.0565. The Morgan fingerprint density at radius 2 is 1.48 bits per heavy atom. The van der Waals surface area contributed by atoms with E-state index in [0.29, 0.717) is 6.42 Å². The number of hydrogen-bond donors (Lipinski definition) is 2. The maximum atomic E-state index is 11.2. The van der Waals surface area contributed by atoms with E-state index in [9.17, 15) is 15.0 Å². The van der Waals surface area contributed by atoms with Crippen LogP contribution in [0, 0.1) is 0 Å². The Morgan fingerprint density at radius 3 is 2.11 bits per heavy atom. The van der Waals surface area contributed by atoms with Gasteiger partial charge in [0.05, 0.1) is 0 Å². The molecule has 0 amide bonds. The van der Waals surface area contributed by atoms with Crippen molar-refractivity contribution in [1.82, 2.24) is 0 Å². The molecule has 0 unspecified atom stereocenters. The van der Waals surface area contributed by atoms with Crippen LogP contribution in [0.4, 0.5) is 0 Å². The number of carbonyl (C=O) groups is 1. The highest BCUT2D eigenvalue weighted by atomic mass is 16.4. The van der Waals surface area contributed by atoms with Gasteiger partial charge in [0.15, 0.2) is 0 Å². The summed E-state index contributed by atoms with van der Waals surface area (Å²) in [5.41, 5.74) is 0.785. The molecule has 0 atom stereocenters. The first-order valence-electron chi connectivity index (χ1n) is 10.5. The summed E-state index contributed by atoms with van der Waals surface area (Å²) in [5, 5.41) is 18.9. The Morgan fingerprint density at radius 1 is 0.889 bits per heavy atom. The van der Waals surface area contributed by atoms with Gasteiger partial charge in [-0.05, 0) is 50.2 Å². The summed E-state index contributed by atoms with van der Waals surface area (Å²) in [4.78, 5) is 11.2. The highest BCUT2D eigenvalue weighted by Gasteiger charge is 2.14. The Labute approximate surface area is 164 Å². The monoisotopic (exact) mass is 372 g/mol. The molecule has 3 nitrogen and oxygen atoms in total. The van der Waals surface area contributed by atoms with Gasteiger partial charge in [0.25, 0.3) is 0 Å². The summed E-state index contributed by atoms with van der Waals surface area (Å²) in [5.74, 6) is -1.19. The molecule has 150 valence electrons. The lowest BCUT2D eigenvalue weighted by Crippen LogP contribution is -2.03. The zero-order chi connectivity index (χ0) is 19.7. The molecule has 0 heterocycles. The highest BCUT2D eigenvalue weighted by Crippen LogP contribution is 2.23. The number of hydrogen-bond acceptors (Lipinski definition) is 2. The van der Waals surface area contributed by atoms with Crippen LogP contribution in [-0.4, -0.2) is 16.2 Å². The fraction of sp³-hybridized carbons (Fsp3) is 0.542. The molecule has 0 aliphatic rings. The van der Waals surface area contributed by atoms with Gasteiger partial charge in [-0.25, -0.2) is 4.79 Å². The fourth-order valence-corrected chi connectivity index (χ4v) is 3.19. The van der Waals surface area contributed by atoms with E-state index in [1.807, 2.05) is 0 Å². The van der Waals surface area contributed by atoms with Crippen LogP contribution in [0.2, 0.25) is 0 Å². The third-order valence-electron chi connectivity index (χ3n) is 4.77. The average molecular weight is 373 g/mol. The van der Waals surface area contributed by atoms with Gasteiger partial charge in [-0.1, -0.05) is 81.9 Å². The normalized spacial score (nSPS) is 11.6. The SMILES string of the molecule is CCCCCC/C=C/C=C/CCCCCCCc1cccc(O)c1C(=O)O. The lowest BCUT2D eigenvalue weighted by atomic mass is 9.99. The molecule has 1 rings (SSSR count). The Bertz CT molecular complexity index is 587. The zero-order valence-electron chi connectivity index (χ0n) is 16.8. The van der Waals surface area contributed by atoms with Crippen molar-refractivity contribution in [3.05, 3.63) is 53.6 Å². The minimum atomic E-state index is -1.05. The molecule has 1 aromatic carbocycles. The Hall–Kier alpha value is -2.03. The van der Waals surface area contributed by atoms with Crippen molar-refractivity contribution in [2.24, 2.45) is 0 Å². The molecule has 0 bridgehead atoms. The smallest absolute Gasteiger partial charge is 0.339 e. The number of phenols is 1. The predicted molar refractivity (Wildman–Crippen MR) is 114 cm³/mol. The molecule has 0 saturated carbocycles. The summed E-state index contributed by atoms with van der Waals surface area (Å²) in [6.45, 7) is 2.24. The van der Waals surface area contributed by atoms with E-state index in [4.69, 9.17) is 0 Å². The number of unbranched alkanes of at least 4 members (excludes halogenated alkanes) is 9. The minimum Gasteiger partial charge on any atom is -0.507 e. The quantitative estimate of drug-likeness (QED) is 0.256. The van der Waals surface area contributed by atoms with Gasteiger partial charge in [0.1, 0.15) is 11.3 Å². The summed E-state index contributed by atoms with van der Waals surface area (Å²) >= 11 is 0. The molecule has 0 aliphatic heterocycles. The first kappa shape index (κ1) is 23.0. The van der Waals surface area contributed by atoms with Crippen LogP contribution in [0.5, 0.6) is 5.75 Å². The molecule has 0 fully saturated rings. The van der Waals surface area contributed by atoms with Crippen LogP contribution >= 0.6 is 0 Å². The number of aromatic hydroxyl groups is 1. The second-order valence-electron chi connectivity index (χ2n) is 7.13. The first-order valence-corrected chi connectivity index (χ1v) is 10.5. The van der Waals surface area contributed by atoms with Crippen molar-refractivity contribution < 1.29 is 15.0 Å². The van der Waals surface area contributed by atoms with Crippen LogP contribution < -0.4 is 0 Å². The van der Waals surface area contributed by atoms with E-state index >= 15 is 0 Å². The zero-order valence-corrected chi connectivity index (χ0v) is 16.8. The van der Waals surface area contributed by atoms with E-state index in [2.05, 4.69) is 31.2 Å². The van der Waals surface area contributed by atoms with Gasteiger partial charge in [0, 0.05) is 0 Å². The summed E-state index contributed by atoms with van der Waals surface area (Å²) in [6.07, 6.45) is 22.8. The van der Waals surface area contributed by atoms with Crippen LogP contribution in [0.25, 0.3) is 0 Å². The van der Waals surface area contributed by atoms with Gasteiger partial charge in [-0.15, -0.1) is 0 Å². The molecule has 3 heteroatoms. The first-order chi connectivity index (χ1) is 13.2. The van der Waals surface area contributed by atoms with Crippen molar-refractivity contribution in [2.75, 3.05) is 0 Å². The number of aromatic carboxylic acids is 1. The average Bonchev–Trinajstić information content (AvgIpc) is 2.64. The van der Waals surface area contributed by atoms with E-state index in [0.717, 1.165) is 24.8 Å². The van der Waals surface area contributed by atoms with Gasteiger partial charge < -0.3 is 10.2 Å². The van der Waals surface area contributed by atoms with Gasteiger partial charge in [-0.2, -0.15) is 0 Å². The van der Waals surface area contributed by atoms with Crippen LogP contribution in [0.1, 0.15) is 93.5 Å². The molecule has 0 saturated heterocycles. The lowest BCUT2D eigenvalue weighted by Gasteiger charge is -2.07. The van der Waals surface area contributed by atoms with Crippen LogP contribution in [0.3, 0.4) is 0 Å². The summed E-state index contributed by atoms with van der Waals surface area (Å²) < 4.78 is 0. The van der Waals surface area contributed by atoms with Gasteiger partial charge in [-0.3, -0.25) is 0 Å². The molecule has 0 spiro atoms.